The average molecular weight is 272 g/mol. The molecule has 0 radical (unpaired) electrons. The Morgan fingerprint density at radius 2 is 1.75 bits per heavy atom. The van der Waals surface area contributed by atoms with Crippen molar-refractivity contribution in [3.8, 4) is 0 Å². The fraction of sp³-hybridized carbons (Fsp3) is 0.0769. The van der Waals surface area contributed by atoms with E-state index in [0.717, 1.165) is 5.56 Å². The maximum atomic E-state index is 11.7. The van der Waals surface area contributed by atoms with Crippen LogP contribution in [0.15, 0.2) is 41.0 Å². The average Bonchev–Trinajstić information content (AvgIpc) is 2.84. The molecule has 0 unspecified atom stereocenters. The Morgan fingerprint density at radius 1 is 1.10 bits per heavy atom. The van der Waals surface area contributed by atoms with Gasteiger partial charge in [-0.2, -0.15) is 0 Å². The molecule has 0 spiro atoms. The Bertz CT molecular complexity index is 634. The van der Waals surface area contributed by atoms with Gasteiger partial charge in [-0.25, -0.2) is 4.63 Å². The molecule has 1 aromatic carbocycles. The summed E-state index contributed by atoms with van der Waals surface area (Å²) in [5, 5.41) is 11.8. The molecule has 0 fully saturated rings. The maximum Gasteiger partial charge on any atom is 0.249 e. The third-order valence-electron chi connectivity index (χ3n) is 2.25. The van der Waals surface area contributed by atoms with Gasteiger partial charge in [0, 0.05) is 13.0 Å². The van der Waals surface area contributed by atoms with E-state index in [4.69, 9.17) is 0 Å². The molecule has 7 heteroatoms. The van der Waals surface area contributed by atoms with E-state index in [2.05, 4.69) is 25.6 Å². The van der Waals surface area contributed by atoms with E-state index in [0.29, 0.717) is 0 Å². The van der Waals surface area contributed by atoms with Crippen LogP contribution < -0.4 is 10.6 Å². The number of carbonyl (C=O) groups excluding carboxylic acids is 2. The molecule has 0 saturated heterocycles. The summed E-state index contributed by atoms with van der Waals surface area (Å²) in [5.74, 6) is -0.617. The Morgan fingerprint density at radius 3 is 2.40 bits per heavy atom. The van der Waals surface area contributed by atoms with Crippen LogP contribution in [0.4, 0.5) is 11.6 Å². The number of aromatic nitrogens is 2. The molecule has 2 aromatic rings. The highest BCUT2D eigenvalue weighted by atomic mass is 16.6. The first kappa shape index (κ1) is 13.5. The van der Waals surface area contributed by atoms with E-state index < -0.39 is 5.91 Å². The van der Waals surface area contributed by atoms with Crippen LogP contribution in [0.3, 0.4) is 0 Å². The summed E-state index contributed by atoms with van der Waals surface area (Å²) >= 11 is 0. The lowest BCUT2D eigenvalue weighted by Crippen LogP contribution is -2.12. The van der Waals surface area contributed by atoms with E-state index in [9.17, 15) is 9.59 Å². The molecular formula is C13H12N4O3. The summed E-state index contributed by atoms with van der Waals surface area (Å²) in [7, 11) is 0. The quantitative estimate of drug-likeness (QED) is 0.825. The van der Waals surface area contributed by atoms with E-state index >= 15 is 0 Å². The fourth-order valence-corrected chi connectivity index (χ4v) is 1.41. The summed E-state index contributed by atoms with van der Waals surface area (Å²) in [4.78, 5) is 22.6. The van der Waals surface area contributed by atoms with E-state index in [1.807, 2.05) is 30.3 Å². The summed E-state index contributed by atoms with van der Waals surface area (Å²) < 4.78 is 4.46. The van der Waals surface area contributed by atoms with E-state index in [-0.39, 0.29) is 17.5 Å². The van der Waals surface area contributed by atoms with Gasteiger partial charge in [-0.05, 0) is 22.0 Å². The lowest BCUT2D eigenvalue weighted by Gasteiger charge is -1.99. The van der Waals surface area contributed by atoms with Gasteiger partial charge < -0.3 is 10.6 Å². The van der Waals surface area contributed by atoms with Gasteiger partial charge in [0.05, 0.1) is 0 Å². The highest BCUT2D eigenvalue weighted by molar-refractivity contribution is 6.03. The van der Waals surface area contributed by atoms with Gasteiger partial charge in [-0.3, -0.25) is 9.59 Å². The SMILES string of the molecule is CC(=O)Nc1nonc1NC(=O)/C=C/c1ccccc1. The number of rotatable bonds is 4. The van der Waals surface area contributed by atoms with Gasteiger partial charge in [0.1, 0.15) is 0 Å². The van der Waals surface area contributed by atoms with Crippen molar-refractivity contribution >= 4 is 29.5 Å². The second-order valence-corrected chi connectivity index (χ2v) is 3.88. The van der Waals surface area contributed by atoms with Crippen molar-refractivity contribution in [3.05, 3.63) is 42.0 Å². The monoisotopic (exact) mass is 272 g/mol. The zero-order valence-electron chi connectivity index (χ0n) is 10.7. The van der Waals surface area contributed by atoms with Gasteiger partial charge in [-0.15, -0.1) is 0 Å². The van der Waals surface area contributed by atoms with Gasteiger partial charge in [-0.1, -0.05) is 30.3 Å². The zero-order chi connectivity index (χ0) is 14.4. The van der Waals surface area contributed by atoms with Crippen LogP contribution in [0, 0.1) is 0 Å². The first-order valence-corrected chi connectivity index (χ1v) is 5.79. The summed E-state index contributed by atoms with van der Waals surface area (Å²) in [5.41, 5.74) is 0.892. The first-order valence-electron chi connectivity index (χ1n) is 5.79. The number of nitrogens with zero attached hydrogens (tertiary/aromatic N) is 2. The van der Waals surface area contributed by atoms with Crippen LogP contribution in [0.5, 0.6) is 0 Å². The molecule has 2 rings (SSSR count). The summed E-state index contributed by atoms with van der Waals surface area (Å²) in [6, 6.07) is 9.36. The Hall–Kier alpha value is -2.96. The number of anilines is 2. The predicted molar refractivity (Wildman–Crippen MR) is 72.7 cm³/mol. The molecule has 102 valence electrons. The van der Waals surface area contributed by atoms with Gasteiger partial charge in [0.2, 0.25) is 23.5 Å². The molecular weight excluding hydrogens is 260 g/mol. The number of nitrogens with one attached hydrogen (secondary N) is 2. The number of benzene rings is 1. The fourth-order valence-electron chi connectivity index (χ4n) is 1.41. The normalized spacial score (nSPS) is 10.4. The molecule has 0 aliphatic carbocycles. The van der Waals surface area contributed by atoms with E-state index in [1.54, 1.807) is 6.08 Å². The second kappa shape index (κ2) is 6.28. The number of carbonyl (C=O) groups is 2. The molecule has 7 nitrogen and oxygen atoms in total. The third kappa shape index (κ3) is 3.77. The van der Waals surface area contributed by atoms with Crippen LogP contribution in [0.1, 0.15) is 12.5 Å². The molecule has 0 aliphatic rings. The molecule has 1 heterocycles. The molecule has 20 heavy (non-hydrogen) atoms. The lowest BCUT2D eigenvalue weighted by atomic mass is 10.2. The van der Waals surface area contributed by atoms with Crippen LogP contribution in [-0.4, -0.2) is 22.1 Å². The van der Waals surface area contributed by atoms with Crippen molar-refractivity contribution in [2.45, 2.75) is 6.92 Å². The largest absolute Gasteiger partial charge is 0.305 e. The van der Waals surface area contributed by atoms with Crippen LogP contribution in [0.2, 0.25) is 0 Å². The third-order valence-corrected chi connectivity index (χ3v) is 2.25. The molecule has 1 aromatic heterocycles. The number of hydrogen-bond acceptors (Lipinski definition) is 5. The van der Waals surface area contributed by atoms with Crippen molar-refractivity contribution in [2.75, 3.05) is 10.6 Å². The molecule has 0 bridgehead atoms. The van der Waals surface area contributed by atoms with Crippen molar-refractivity contribution < 1.29 is 14.2 Å². The summed E-state index contributed by atoms with van der Waals surface area (Å²) in [6.45, 7) is 1.32. The second-order valence-electron chi connectivity index (χ2n) is 3.88. The van der Waals surface area contributed by atoms with Crippen molar-refractivity contribution in [1.82, 2.24) is 10.3 Å². The van der Waals surface area contributed by atoms with Crippen molar-refractivity contribution in [3.63, 3.8) is 0 Å². The molecule has 0 aliphatic heterocycles. The minimum atomic E-state index is -0.406. The van der Waals surface area contributed by atoms with Crippen LogP contribution in [0.25, 0.3) is 6.08 Å². The van der Waals surface area contributed by atoms with Gasteiger partial charge in [0.15, 0.2) is 0 Å². The Labute approximate surface area is 114 Å². The van der Waals surface area contributed by atoms with Crippen LogP contribution >= 0.6 is 0 Å². The highest BCUT2D eigenvalue weighted by Crippen LogP contribution is 2.15. The Kier molecular flexibility index (Phi) is 4.23. The highest BCUT2D eigenvalue weighted by Gasteiger charge is 2.12. The van der Waals surface area contributed by atoms with Gasteiger partial charge in [0.25, 0.3) is 0 Å². The standard InChI is InChI=1S/C13H12N4O3/c1-9(18)14-12-13(17-20-16-12)15-11(19)8-7-10-5-3-2-4-6-10/h2-8H,1H3,(H,14,16,18)(H,15,17,19)/b8-7+. The molecule has 0 atom stereocenters. The van der Waals surface area contributed by atoms with E-state index in [1.165, 1.54) is 13.0 Å². The van der Waals surface area contributed by atoms with Gasteiger partial charge >= 0.3 is 0 Å². The smallest absolute Gasteiger partial charge is 0.249 e. The topological polar surface area (TPSA) is 97.1 Å². The number of hydrogen-bond donors (Lipinski definition) is 2. The zero-order valence-corrected chi connectivity index (χ0v) is 10.7. The maximum absolute atomic E-state index is 11.7. The number of amides is 2. The predicted octanol–water partition coefficient (Wildman–Crippen LogP) is 1.68. The molecule has 0 saturated carbocycles. The minimum absolute atomic E-state index is 0.0583. The minimum Gasteiger partial charge on any atom is -0.305 e. The molecule has 2 amide bonds. The molecule has 2 N–H and O–H groups in total. The Balaban J connectivity index is 2.00. The first-order chi connectivity index (χ1) is 9.65. The summed E-state index contributed by atoms with van der Waals surface area (Å²) in [6.07, 6.45) is 3.00. The van der Waals surface area contributed by atoms with Crippen molar-refractivity contribution in [2.24, 2.45) is 0 Å². The van der Waals surface area contributed by atoms with Crippen molar-refractivity contribution in [1.29, 1.82) is 0 Å². The van der Waals surface area contributed by atoms with Crippen LogP contribution in [-0.2, 0) is 9.59 Å². The lowest BCUT2D eigenvalue weighted by molar-refractivity contribution is -0.114.